The van der Waals surface area contributed by atoms with Crippen molar-refractivity contribution in [3.63, 3.8) is 0 Å². The zero-order chi connectivity index (χ0) is 14.1. The van der Waals surface area contributed by atoms with Crippen molar-refractivity contribution in [2.45, 2.75) is 26.7 Å². The van der Waals surface area contributed by atoms with Crippen LogP contribution in [0, 0.1) is 19.8 Å². The summed E-state index contributed by atoms with van der Waals surface area (Å²) in [5.74, 6) is 1.86. The third-order valence-corrected chi connectivity index (χ3v) is 5.41. The van der Waals surface area contributed by atoms with Gasteiger partial charge in [-0.1, -0.05) is 0 Å². The molecule has 0 unspecified atom stereocenters. The average molecular weight is 290 g/mol. The first-order chi connectivity index (χ1) is 9.66. The fraction of sp³-hybridized carbons (Fsp3) is 0.600. The zero-order valence-corrected chi connectivity index (χ0v) is 13.3. The van der Waals surface area contributed by atoms with Crippen LogP contribution in [0.4, 0.5) is 5.82 Å². The molecule has 20 heavy (non-hydrogen) atoms. The zero-order valence-electron chi connectivity index (χ0n) is 12.4. The van der Waals surface area contributed by atoms with Crippen molar-refractivity contribution >= 4 is 27.4 Å². The Bertz CT molecular complexity index is 601. The van der Waals surface area contributed by atoms with Gasteiger partial charge >= 0.3 is 0 Å². The van der Waals surface area contributed by atoms with Crippen molar-refractivity contribution in [2.24, 2.45) is 5.92 Å². The monoisotopic (exact) mass is 290 g/mol. The number of hydrogen-bond donors (Lipinski definition) is 1. The molecule has 1 aliphatic rings. The molecule has 0 bridgehead atoms. The second-order valence-electron chi connectivity index (χ2n) is 5.73. The van der Waals surface area contributed by atoms with Crippen molar-refractivity contribution in [3.8, 4) is 0 Å². The van der Waals surface area contributed by atoms with Gasteiger partial charge in [0.15, 0.2) is 0 Å². The molecule has 5 heteroatoms. The van der Waals surface area contributed by atoms with Crippen molar-refractivity contribution < 1.29 is 0 Å². The van der Waals surface area contributed by atoms with Crippen molar-refractivity contribution in [2.75, 3.05) is 31.6 Å². The number of nitrogens with one attached hydrogen (secondary N) is 1. The van der Waals surface area contributed by atoms with Gasteiger partial charge in [0.1, 0.15) is 17.0 Å². The smallest absolute Gasteiger partial charge is 0.140 e. The molecule has 2 aromatic rings. The molecule has 0 aliphatic carbocycles. The maximum Gasteiger partial charge on any atom is 0.140 e. The highest BCUT2D eigenvalue weighted by Crippen LogP contribution is 2.34. The van der Waals surface area contributed by atoms with Gasteiger partial charge in [0.2, 0.25) is 0 Å². The lowest BCUT2D eigenvalue weighted by Gasteiger charge is -2.28. The lowest BCUT2D eigenvalue weighted by atomic mass is 9.97. The Labute approximate surface area is 124 Å². The van der Waals surface area contributed by atoms with Gasteiger partial charge in [-0.05, 0) is 51.3 Å². The second kappa shape index (κ2) is 5.66. The Balaban J connectivity index is 1.88. The second-order valence-corrected chi connectivity index (χ2v) is 6.94. The number of nitrogens with zero attached hydrogens (tertiary/aromatic N) is 3. The lowest BCUT2D eigenvalue weighted by molar-refractivity contribution is 0.377. The van der Waals surface area contributed by atoms with Crippen LogP contribution in [0.5, 0.6) is 0 Å². The molecule has 0 amide bonds. The third kappa shape index (κ3) is 2.52. The van der Waals surface area contributed by atoms with Gasteiger partial charge in [-0.15, -0.1) is 11.3 Å². The summed E-state index contributed by atoms with van der Waals surface area (Å²) in [6.07, 6.45) is 4.23. The molecule has 0 atom stereocenters. The Kier molecular flexibility index (Phi) is 3.89. The number of anilines is 1. The molecule has 108 valence electrons. The summed E-state index contributed by atoms with van der Waals surface area (Å²) in [5.41, 5.74) is 1.33. The first kappa shape index (κ1) is 13.8. The number of aromatic nitrogens is 2. The standard InChI is InChI=1S/C15H22N4S/c1-10-11(2)20-15-13(10)14(17-9-18-15)19(3)8-12-4-6-16-7-5-12/h9,12,16H,4-8H2,1-3H3. The topological polar surface area (TPSA) is 41.1 Å². The highest BCUT2D eigenvalue weighted by molar-refractivity contribution is 7.18. The molecule has 3 rings (SSSR count). The minimum atomic E-state index is 0.770. The largest absolute Gasteiger partial charge is 0.359 e. The van der Waals surface area contributed by atoms with Crippen LogP contribution in [0.2, 0.25) is 0 Å². The van der Waals surface area contributed by atoms with Gasteiger partial charge in [-0.3, -0.25) is 0 Å². The number of rotatable bonds is 3. The molecular weight excluding hydrogens is 268 g/mol. The Morgan fingerprint density at radius 2 is 2.05 bits per heavy atom. The predicted octanol–water partition coefficient (Wildman–Crippen LogP) is 2.74. The summed E-state index contributed by atoms with van der Waals surface area (Å²) in [6, 6.07) is 0. The van der Waals surface area contributed by atoms with E-state index in [9.17, 15) is 0 Å². The van der Waals surface area contributed by atoms with Crippen LogP contribution in [-0.2, 0) is 0 Å². The van der Waals surface area contributed by atoms with Crippen LogP contribution in [0.15, 0.2) is 6.33 Å². The number of aryl methyl sites for hydroxylation is 2. The molecule has 2 aromatic heterocycles. The van der Waals surface area contributed by atoms with E-state index < -0.39 is 0 Å². The number of piperidine rings is 1. The van der Waals surface area contributed by atoms with Crippen LogP contribution in [0.25, 0.3) is 10.2 Å². The molecule has 0 aromatic carbocycles. The Hall–Kier alpha value is -1.20. The number of fused-ring (bicyclic) bond motifs is 1. The van der Waals surface area contributed by atoms with Gasteiger partial charge in [-0.2, -0.15) is 0 Å². The minimum absolute atomic E-state index is 0.770. The summed E-state index contributed by atoms with van der Waals surface area (Å²) in [6.45, 7) is 7.72. The first-order valence-electron chi connectivity index (χ1n) is 7.29. The Morgan fingerprint density at radius 1 is 1.30 bits per heavy atom. The van der Waals surface area contributed by atoms with E-state index in [4.69, 9.17) is 0 Å². The van der Waals surface area contributed by atoms with E-state index in [-0.39, 0.29) is 0 Å². The fourth-order valence-corrected chi connectivity index (χ4v) is 3.98. The maximum atomic E-state index is 4.55. The minimum Gasteiger partial charge on any atom is -0.359 e. The van der Waals surface area contributed by atoms with E-state index >= 15 is 0 Å². The first-order valence-corrected chi connectivity index (χ1v) is 8.11. The number of thiophene rings is 1. The molecule has 0 radical (unpaired) electrons. The molecule has 4 nitrogen and oxygen atoms in total. The summed E-state index contributed by atoms with van der Waals surface area (Å²) >= 11 is 1.77. The van der Waals surface area contributed by atoms with Crippen molar-refractivity contribution in [1.82, 2.24) is 15.3 Å². The van der Waals surface area contributed by atoms with Gasteiger partial charge in [0.25, 0.3) is 0 Å². The molecule has 1 aliphatic heterocycles. The maximum absolute atomic E-state index is 4.55. The number of hydrogen-bond acceptors (Lipinski definition) is 5. The summed E-state index contributed by atoms with van der Waals surface area (Å²) in [4.78, 5) is 13.8. The van der Waals surface area contributed by atoms with Gasteiger partial charge in [0.05, 0.1) is 5.39 Å². The Morgan fingerprint density at radius 3 is 2.80 bits per heavy atom. The summed E-state index contributed by atoms with van der Waals surface area (Å²) < 4.78 is 0. The van der Waals surface area contributed by atoms with Crippen LogP contribution in [-0.4, -0.2) is 36.6 Å². The highest BCUT2D eigenvalue weighted by atomic mass is 32.1. The lowest BCUT2D eigenvalue weighted by Crippen LogP contribution is -2.34. The summed E-state index contributed by atoms with van der Waals surface area (Å²) in [7, 11) is 2.16. The van der Waals surface area contributed by atoms with Gasteiger partial charge < -0.3 is 10.2 Å². The van der Waals surface area contributed by atoms with Crippen molar-refractivity contribution in [1.29, 1.82) is 0 Å². The third-order valence-electron chi connectivity index (χ3n) is 4.30. The van der Waals surface area contributed by atoms with Crippen LogP contribution < -0.4 is 10.2 Å². The van der Waals surface area contributed by atoms with Crippen LogP contribution >= 0.6 is 11.3 Å². The molecular formula is C15H22N4S. The van der Waals surface area contributed by atoms with Gasteiger partial charge in [0, 0.05) is 18.5 Å². The normalized spacial score (nSPS) is 16.8. The van der Waals surface area contributed by atoms with Crippen LogP contribution in [0.3, 0.4) is 0 Å². The van der Waals surface area contributed by atoms with Crippen molar-refractivity contribution in [3.05, 3.63) is 16.8 Å². The molecule has 1 N–H and O–H groups in total. The predicted molar refractivity (Wildman–Crippen MR) is 85.8 cm³/mol. The average Bonchev–Trinajstić information content (AvgIpc) is 2.75. The van der Waals surface area contributed by atoms with E-state index in [1.165, 1.54) is 28.7 Å². The van der Waals surface area contributed by atoms with E-state index in [0.29, 0.717) is 0 Å². The van der Waals surface area contributed by atoms with E-state index in [0.717, 1.165) is 36.2 Å². The SMILES string of the molecule is Cc1sc2ncnc(N(C)CC3CCNCC3)c2c1C. The fourth-order valence-electron chi connectivity index (χ4n) is 2.99. The van der Waals surface area contributed by atoms with Crippen LogP contribution in [0.1, 0.15) is 23.3 Å². The van der Waals surface area contributed by atoms with Gasteiger partial charge in [-0.25, -0.2) is 9.97 Å². The van der Waals surface area contributed by atoms with E-state index in [1.807, 2.05) is 0 Å². The molecule has 1 saturated heterocycles. The summed E-state index contributed by atoms with van der Waals surface area (Å²) in [5, 5.41) is 4.67. The molecule has 0 saturated carbocycles. The molecule has 0 spiro atoms. The molecule has 1 fully saturated rings. The quantitative estimate of drug-likeness (QED) is 0.943. The van der Waals surface area contributed by atoms with E-state index in [2.05, 4.69) is 41.1 Å². The molecule has 3 heterocycles. The van der Waals surface area contributed by atoms with E-state index in [1.54, 1.807) is 17.7 Å². The highest BCUT2D eigenvalue weighted by Gasteiger charge is 2.19.